The molecule has 3 rings (SSSR count). The third kappa shape index (κ3) is 2.49. The van der Waals surface area contributed by atoms with Crippen LogP contribution < -0.4 is 0 Å². The van der Waals surface area contributed by atoms with E-state index in [0.717, 1.165) is 16.6 Å². The van der Waals surface area contributed by atoms with Crippen LogP contribution in [-0.4, -0.2) is 23.0 Å². The van der Waals surface area contributed by atoms with Gasteiger partial charge in [-0.05, 0) is 24.3 Å². The topological polar surface area (TPSA) is 55.0 Å². The summed E-state index contributed by atoms with van der Waals surface area (Å²) in [6.45, 7) is 0. The van der Waals surface area contributed by atoms with Gasteiger partial charge in [0.25, 0.3) is 0 Å². The minimum Gasteiger partial charge on any atom is -0.465 e. The summed E-state index contributed by atoms with van der Waals surface area (Å²) in [5.74, 6) is 5.74. The number of fused-ring (bicyclic) bond motifs is 1. The summed E-state index contributed by atoms with van der Waals surface area (Å²) in [4.78, 5) is 19.0. The van der Waals surface area contributed by atoms with Crippen molar-refractivity contribution in [2.24, 2.45) is 0 Å². The van der Waals surface area contributed by atoms with E-state index in [1.165, 1.54) is 7.11 Å². The lowest BCUT2D eigenvalue weighted by molar-refractivity contribution is 0.0600. The molecule has 3 aromatic rings. The van der Waals surface area contributed by atoms with Gasteiger partial charge in [0.15, 0.2) is 0 Å². The molecule has 102 valence electrons. The fraction of sp³-hybridized carbons (Fsp3) is 0.0588. The van der Waals surface area contributed by atoms with E-state index in [-0.39, 0.29) is 5.97 Å². The molecule has 2 heterocycles. The molecule has 0 saturated heterocycles. The molecular weight excluding hydrogens is 264 g/mol. The van der Waals surface area contributed by atoms with E-state index in [9.17, 15) is 4.79 Å². The van der Waals surface area contributed by atoms with Gasteiger partial charge in [-0.3, -0.25) is 0 Å². The Morgan fingerprint density at radius 2 is 1.95 bits per heavy atom. The summed E-state index contributed by atoms with van der Waals surface area (Å²) >= 11 is 0. The molecule has 0 bridgehead atoms. The molecule has 4 nitrogen and oxygen atoms in total. The number of rotatable bonds is 1. The van der Waals surface area contributed by atoms with Crippen LogP contribution in [0.2, 0.25) is 0 Å². The summed E-state index contributed by atoms with van der Waals surface area (Å²) in [7, 11) is 1.36. The van der Waals surface area contributed by atoms with Crippen LogP contribution >= 0.6 is 0 Å². The zero-order valence-electron chi connectivity index (χ0n) is 11.4. The van der Waals surface area contributed by atoms with Crippen molar-refractivity contribution < 1.29 is 9.53 Å². The van der Waals surface area contributed by atoms with Gasteiger partial charge >= 0.3 is 5.97 Å². The van der Waals surface area contributed by atoms with Crippen LogP contribution in [0.3, 0.4) is 0 Å². The van der Waals surface area contributed by atoms with Gasteiger partial charge in [-0.25, -0.2) is 9.78 Å². The Hall–Kier alpha value is -3.06. The predicted octanol–water partition coefficient (Wildman–Crippen LogP) is 2.75. The number of carbonyl (C=O) groups excluding carboxylic acids is 1. The van der Waals surface area contributed by atoms with Crippen molar-refractivity contribution in [1.82, 2.24) is 9.97 Å². The highest BCUT2D eigenvalue weighted by atomic mass is 16.5. The van der Waals surface area contributed by atoms with Gasteiger partial charge in [0, 0.05) is 28.9 Å². The number of aromatic amines is 1. The van der Waals surface area contributed by atoms with Crippen molar-refractivity contribution in [1.29, 1.82) is 0 Å². The smallest absolute Gasteiger partial charge is 0.339 e. The molecule has 0 aliphatic heterocycles. The maximum atomic E-state index is 11.7. The average molecular weight is 276 g/mol. The predicted molar refractivity (Wildman–Crippen MR) is 79.9 cm³/mol. The molecule has 0 unspecified atom stereocenters. The van der Waals surface area contributed by atoms with Crippen molar-refractivity contribution in [3.05, 3.63) is 65.5 Å². The number of hydrogen-bond donors (Lipinski definition) is 1. The van der Waals surface area contributed by atoms with Crippen LogP contribution in [0.25, 0.3) is 11.0 Å². The normalized spacial score (nSPS) is 9.95. The molecule has 0 atom stereocenters. The van der Waals surface area contributed by atoms with Crippen LogP contribution in [0.4, 0.5) is 0 Å². The second-order valence-corrected chi connectivity index (χ2v) is 4.39. The Morgan fingerprint density at radius 1 is 1.14 bits per heavy atom. The van der Waals surface area contributed by atoms with Gasteiger partial charge in [-0.15, -0.1) is 0 Å². The van der Waals surface area contributed by atoms with Crippen molar-refractivity contribution in [3.8, 4) is 11.8 Å². The van der Waals surface area contributed by atoms with E-state index in [2.05, 4.69) is 21.8 Å². The second-order valence-electron chi connectivity index (χ2n) is 4.39. The fourth-order valence-electron chi connectivity index (χ4n) is 2.08. The monoisotopic (exact) mass is 276 g/mol. The lowest BCUT2D eigenvalue weighted by Crippen LogP contribution is -2.03. The second kappa shape index (κ2) is 5.51. The van der Waals surface area contributed by atoms with Gasteiger partial charge in [0.1, 0.15) is 5.65 Å². The standard InChI is InChI=1S/C17H12N2O2/c1-21-17(20)15-5-3-2-4-12(15)6-7-13-8-10-18-16-14(13)9-11-19-16/h2-5,8-11H,1H3,(H,18,19). The number of carbonyl (C=O) groups is 1. The van der Waals surface area contributed by atoms with Gasteiger partial charge in [0.2, 0.25) is 0 Å². The average Bonchev–Trinajstić information content (AvgIpc) is 3.01. The number of benzene rings is 1. The zero-order valence-corrected chi connectivity index (χ0v) is 11.4. The quantitative estimate of drug-likeness (QED) is 0.549. The number of H-pyrrole nitrogens is 1. The summed E-state index contributed by atoms with van der Waals surface area (Å²) in [5.41, 5.74) is 2.76. The van der Waals surface area contributed by atoms with E-state index < -0.39 is 0 Å². The fourth-order valence-corrected chi connectivity index (χ4v) is 2.08. The highest BCUT2D eigenvalue weighted by molar-refractivity contribution is 5.92. The molecule has 0 aliphatic rings. The number of methoxy groups -OCH3 is 1. The lowest BCUT2D eigenvalue weighted by Gasteiger charge is -2.01. The SMILES string of the molecule is COC(=O)c1ccccc1C#Cc1ccnc2[nH]ccc12. The summed E-state index contributed by atoms with van der Waals surface area (Å²) in [6.07, 6.45) is 3.53. The minimum absolute atomic E-state index is 0.388. The van der Waals surface area contributed by atoms with E-state index in [1.807, 2.05) is 24.4 Å². The minimum atomic E-state index is -0.388. The largest absolute Gasteiger partial charge is 0.465 e. The zero-order chi connectivity index (χ0) is 14.7. The number of ether oxygens (including phenoxy) is 1. The number of nitrogens with one attached hydrogen (secondary N) is 1. The van der Waals surface area contributed by atoms with Crippen molar-refractivity contribution in [2.45, 2.75) is 0 Å². The van der Waals surface area contributed by atoms with Crippen LogP contribution in [0.5, 0.6) is 0 Å². The molecule has 2 aromatic heterocycles. The molecule has 1 N–H and O–H groups in total. The van der Waals surface area contributed by atoms with Gasteiger partial charge in [0.05, 0.1) is 12.7 Å². The maximum absolute atomic E-state index is 11.7. The first-order valence-corrected chi connectivity index (χ1v) is 6.41. The van der Waals surface area contributed by atoms with Crippen LogP contribution in [0.15, 0.2) is 48.8 Å². The Labute approximate surface area is 121 Å². The van der Waals surface area contributed by atoms with Gasteiger partial charge in [-0.1, -0.05) is 24.0 Å². The number of pyridine rings is 1. The van der Waals surface area contributed by atoms with Crippen molar-refractivity contribution >= 4 is 17.0 Å². The lowest BCUT2D eigenvalue weighted by atomic mass is 10.1. The maximum Gasteiger partial charge on any atom is 0.339 e. The first-order valence-electron chi connectivity index (χ1n) is 6.41. The molecule has 0 radical (unpaired) electrons. The third-order valence-corrected chi connectivity index (χ3v) is 3.12. The van der Waals surface area contributed by atoms with Crippen LogP contribution in [0, 0.1) is 11.8 Å². The highest BCUT2D eigenvalue weighted by Gasteiger charge is 2.09. The summed E-state index contributed by atoms with van der Waals surface area (Å²) in [6, 6.07) is 10.9. The Balaban J connectivity index is 2.06. The molecule has 1 aromatic carbocycles. The summed E-state index contributed by atoms with van der Waals surface area (Å²) in [5, 5.41) is 0.959. The first-order chi connectivity index (χ1) is 10.3. The number of esters is 1. The number of nitrogens with zero attached hydrogens (tertiary/aromatic N) is 1. The van der Waals surface area contributed by atoms with Crippen LogP contribution in [-0.2, 0) is 4.74 Å². The van der Waals surface area contributed by atoms with E-state index in [1.54, 1.807) is 24.4 Å². The Kier molecular flexibility index (Phi) is 3.40. The Bertz CT molecular complexity index is 869. The molecule has 4 heteroatoms. The van der Waals surface area contributed by atoms with Crippen molar-refractivity contribution in [2.75, 3.05) is 7.11 Å². The summed E-state index contributed by atoms with van der Waals surface area (Å²) < 4.78 is 4.77. The van der Waals surface area contributed by atoms with Gasteiger partial charge < -0.3 is 9.72 Å². The van der Waals surface area contributed by atoms with E-state index in [0.29, 0.717) is 11.1 Å². The van der Waals surface area contributed by atoms with E-state index >= 15 is 0 Å². The van der Waals surface area contributed by atoms with Crippen LogP contribution in [0.1, 0.15) is 21.5 Å². The molecule has 0 spiro atoms. The Morgan fingerprint density at radius 3 is 2.81 bits per heavy atom. The third-order valence-electron chi connectivity index (χ3n) is 3.12. The van der Waals surface area contributed by atoms with E-state index in [4.69, 9.17) is 4.74 Å². The molecule has 0 fully saturated rings. The molecule has 0 amide bonds. The number of aromatic nitrogens is 2. The van der Waals surface area contributed by atoms with Crippen molar-refractivity contribution in [3.63, 3.8) is 0 Å². The highest BCUT2D eigenvalue weighted by Crippen LogP contribution is 2.14. The van der Waals surface area contributed by atoms with Gasteiger partial charge in [-0.2, -0.15) is 0 Å². The molecule has 0 aliphatic carbocycles. The first kappa shape index (κ1) is 12.9. The number of hydrogen-bond acceptors (Lipinski definition) is 3. The molecule has 21 heavy (non-hydrogen) atoms. The molecular formula is C17H12N2O2. The molecule has 0 saturated carbocycles.